The molecule has 6 nitrogen and oxygen atoms in total. The number of ether oxygens (including phenoxy) is 4. The molecular formula is C23H25NO5S. The zero-order valence-electron chi connectivity index (χ0n) is 16.7. The average Bonchev–Trinajstić information content (AvgIpc) is 3.26. The van der Waals surface area contributed by atoms with Crippen molar-refractivity contribution in [3.05, 3.63) is 59.5 Å². The molecule has 4 rings (SSSR count). The van der Waals surface area contributed by atoms with Crippen LogP contribution in [0.15, 0.2) is 53.9 Å². The molecule has 1 atom stereocenters. The first-order chi connectivity index (χ1) is 14.8. The maximum atomic E-state index is 12.5. The van der Waals surface area contributed by atoms with Gasteiger partial charge in [0.25, 0.3) is 0 Å². The summed E-state index contributed by atoms with van der Waals surface area (Å²) in [5, 5.41) is 2.05. The normalized spacial score (nSPS) is 18.0. The molecule has 2 aromatic rings. The first kappa shape index (κ1) is 20.6. The number of carbonyl (C=O) groups is 1. The molecule has 1 fully saturated rings. The number of morpholine rings is 1. The van der Waals surface area contributed by atoms with E-state index in [1.165, 1.54) is 0 Å². The molecule has 158 valence electrons. The number of hydrogen-bond acceptors (Lipinski definition) is 6. The zero-order valence-corrected chi connectivity index (χ0v) is 17.5. The molecule has 0 N–H and O–H groups in total. The number of amides is 1. The van der Waals surface area contributed by atoms with Crippen LogP contribution in [-0.4, -0.2) is 55.8 Å². The van der Waals surface area contributed by atoms with Crippen molar-refractivity contribution in [3.8, 4) is 17.2 Å². The number of hydrogen-bond donors (Lipinski definition) is 0. The predicted molar refractivity (Wildman–Crippen MR) is 117 cm³/mol. The molecule has 0 bridgehead atoms. The van der Waals surface area contributed by atoms with Gasteiger partial charge in [0.2, 0.25) is 12.7 Å². The van der Waals surface area contributed by atoms with Crippen molar-refractivity contribution in [2.75, 3.05) is 38.8 Å². The zero-order chi connectivity index (χ0) is 20.6. The Morgan fingerprint density at radius 2 is 2.03 bits per heavy atom. The maximum Gasteiger partial charge on any atom is 0.231 e. The van der Waals surface area contributed by atoms with Crippen LogP contribution < -0.4 is 14.2 Å². The van der Waals surface area contributed by atoms with Gasteiger partial charge in [0.05, 0.1) is 13.2 Å². The molecule has 2 aromatic carbocycles. The monoisotopic (exact) mass is 427 g/mol. The van der Waals surface area contributed by atoms with Crippen LogP contribution in [0.1, 0.15) is 12.0 Å². The van der Waals surface area contributed by atoms with E-state index in [0.717, 1.165) is 17.1 Å². The van der Waals surface area contributed by atoms with E-state index in [1.54, 1.807) is 11.8 Å². The van der Waals surface area contributed by atoms with Crippen LogP contribution >= 0.6 is 11.8 Å². The second-order valence-electron chi connectivity index (χ2n) is 6.99. The Morgan fingerprint density at radius 1 is 1.17 bits per heavy atom. The summed E-state index contributed by atoms with van der Waals surface area (Å²) in [4.78, 5) is 14.4. The van der Waals surface area contributed by atoms with Gasteiger partial charge in [-0.25, -0.2) is 0 Å². The Bertz CT molecular complexity index is 873. The Kier molecular flexibility index (Phi) is 7.16. The summed E-state index contributed by atoms with van der Waals surface area (Å²) in [7, 11) is 0. The van der Waals surface area contributed by atoms with Gasteiger partial charge in [-0.15, -0.1) is 11.8 Å². The van der Waals surface area contributed by atoms with Crippen LogP contribution in [0.25, 0.3) is 6.08 Å². The molecule has 0 spiro atoms. The Hall–Kier alpha value is -2.64. The quantitative estimate of drug-likeness (QED) is 0.597. The fraction of sp³-hybridized carbons (Fsp3) is 0.348. The summed E-state index contributed by atoms with van der Waals surface area (Å²) in [6.07, 6.45) is 2.44. The molecule has 1 saturated heterocycles. The van der Waals surface area contributed by atoms with Crippen LogP contribution in [0.3, 0.4) is 0 Å². The lowest BCUT2D eigenvalue weighted by atomic mass is 10.2. The third kappa shape index (κ3) is 5.70. The lowest BCUT2D eigenvalue weighted by Crippen LogP contribution is -2.47. The highest BCUT2D eigenvalue weighted by Crippen LogP contribution is 2.35. The maximum absolute atomic E-state index is 12.5. The highest BCUT2D eigenvalue weighted by Gasteiger charge is 2.24. The van der Waals surface area contributed by atoms with Crippen molar-refractivity contribution in [2.24, 2.45) is 0 Å². The van der Waals surface area contributed by atoms with Crippen LogP contribution in [-0.2, 0) is 9.53 Å². The van der Waals surface area contributed by atoms with Gasteiger partial charge in [-0.05, 0) is 29.2 Å². The van der Waals surface area contributed by atoms with E-state index < -0.39 is 0 Å². The second kappa shape index (κ2) is 10.4. The molecule has 0 aliphatic carbocycles. The van der Waals surface area contributed by atoms with Gasteiger partial charge in [0.1, 0.15) is 18.5 Å². The van der Waals surface area contributed by atoms with E-state index in [4.69, 9.17) is 18.9 Å². The van der Waals surface area contributed by atoms with Crippen molar-refractivity contribution in [1.82, 2.24) is 4.90 Å². The van der Waals surface area contributed by atoms with Gasteiger partial charge in [-0.1, -0.05) is 30.3 Å². The molecule has 0 radical (unpaired) electrons. The lowest BCUT2D eigenvalue weighted by molar-refractivity contribution is -0.139. The molecule has 1 amide bonds. The predicted octanol–water partition coefficient (Wildman–Crippen LogP) is 3.82. The molecule has 0 aromatic heterocycles. The van der Waals surface area contributed by atoms with Gasteiger partial charge in [-0.3, -0.25) is 4.79 Å². The topological polar surface area (TPSA) is 57.2 Å². The molecule has 2 heterocycles. The highest BCUT2D eigenvalue weighted by molar-refractivity contribution is 8.02. The van der Waals surface area contributed by atoms with Gasteiger partial charge in [0, 0.05) is 24.8 Å². The number of nitrogens with zero attached hydrogens (tertiary/aromatic N) is 1. The van der Waals surface area contributed by atoms with Crippen LogP contribution in [0.2, 0.25) is 0 Å². The number of thioether (sulfide) groups is 1. The highest BCUT2D eigenvalue weighted by atomic mass is 32.2. The fourth-order valence-electron chi connectivity index (χ4n) is 3.27. The summed E-state index contributed by atoms with van der Waals surface area (Å²) in [5.74, 6) is 3.04. The van der Waals surface area contributed by atoms with E-state index >= 15 is 0 Å². The molecular weight excluding hydrogens is 402 g/mol. The van der Waals surface area contributed by atoms with Crippen molar-refractivity contribution in [2.45, 2.75) is 12.5 Å². The number of rotatable bonds is 8. The van der Waals surface area contributed by atoms with Crippen LogP contribution in [0.4, 0.5) is 0 Å². The summed E-state index contributed by atoms with van der Waals surface area (Å²) in [5.41, 5.74) is 1.16. The lowest BCUT2D eigenvalue weighted by Gasteiger charge is -2.32. The minimum absolute atomic E-state index is 0.140. The van der Waals surface area contributed by atoms with E-state index in [1.807, 2.05) is 46.7 Å². The van der Waals surface area contributed by atoms with E-state index in [2.05, 4.69) is 18.2 Å². The minimum Gasteiger partial charge on any atom is -0.491 e. The standard InChI is InChI=1S/C23H25NO5S/c25-23(9-13-30-12-8-18-4-2-1-3-5-18)24-10-11-26-20(15-24)16-27-19-6-7-21-22(14-19)29-17-28-21/h1-8,12,14,20H,9-11,13,15-17H2/b12-8-. The van der Waals surface area contributed by atoms with E-state index in [0.29, 0.717) is 44.2 Å². The minimum atomic E-state index is -0.140. The van der Waals surface area contributed by atoms with Gasteiger partial charge < -0.3 is 23.8 Å². The third-order valence-electron chi connectivity index (χ3n) is 4.86. The van der Waals surface area contributed by atoms with Crippen molar-refractivity contribution >= 4 is 23.7 Å². The molecule has 30 heavy (non-hydrogen) atoms. The smallest absolute Gasteiger partial charge is 0.231 e. The number of benzene rings is 2. The molecule has 0 saturated carbocycles. The van der Waals surface area contributed by atoms with Crippen molar-refractivity contribution < 1.29 is 23.7 Å². The fourth-order valence-corrected chi connectivity index (χ4v) is 3.95. The van der Waals surface area contributed by atoms with E-state index in [9.17, 15) is 4.79 Å². The van der Waals surface area contributed by atoms with Crippen molar-refractivity contribution in [1.29, 1.82) is 0 Å². The summed E-state index contributed by atoms with van der Waals surface area (Å²) >= 11 is 1.65. The largest absolute Gasteiger partial charge is 0.491 e. The second-order valence-corrected chi connectivity index (χ2v) is 8.01. The van der Waals surface area contributed by atoms with Gasteiger partial charge in [-0.2, -0.15) is 0 Å². The average molecular weight is 428 g/mol. The SMILES string of the molecule is O=C(CCS/C=C\c1ccccc1)N1CCOC(COc2ccc3c(c2)OCO3)C1. The Balaban J connectivity index is 1.18. The summed E-state index contributed by atoms with van der Waals surface area (Å²) < 4.78 is 22.3. The van der Waals surface area contributed by atoms with E-state index in [-0.39, 0.29) is 18.8 Å². The third-order valence-corrected chi connectivity index (χ3v) is 5.63. The first-order valence-corrected chi connectivity index (χ1v) is 11.1. The number of fused-ring (bicyclic) bond motifs is 1. The van der Waals surface area contributed by atoms with Gasteiger partial charge in [0.15, 0.2) is 11.5 Å². The Morgan fingerprint density at radius 3 is 2.93 bits per heavy atom. The van der Waals surface area contributed by atoms with Gasteiger partial charge >= 0.3 is 0 Å². The summed E-state index contributed by atoms with van der Waals surface area (Å²) in [6, 6.07) is 15.6. The van der Waals surface area contributed by atoms with Crippen LogP contribution in [0, 0.1) is 0 Å². The van der Waals surface area contributed by atoms with Crippen LogP contribution in [0.5, 0.6) is 17.2 Å². The summed E-state index contributed by atoms with van der Waals surface area (Å²) in [6.45, 7) is 2.33. The number of carbonyl (C=O) groups excluding carboxylic acids is 1. The first-order valence-electron chi connectivity index (χ1n) is 10.0. The van der Waals surface area contributed by atoms with Crippen molar-refractivity contribution in [3.63, 3.8) is 0 Å². The molecule has 1 unspecified atom stereocenters. The molecule has 7 heteroatoms. The Labute approximate surface area is 180 Å². The molecule has 2 aliphatic heterocycles. The molecule has 2 aliphatic rings.